The van der Waals surface area contributed by atoms with Crippen LogP contribution in [0.25, 0.3) is 0 Å². The molecule has 9 nitrogen and oxygen atoms in total. The molecule has 3 rings (SSSR count). The van der Waals surface area contributed by atoms with Gasteiger partial charge in [-0.2, -0.15) is 0 Å². The van der Waals surface area contributed by atoms with E-state index in [9.17, 15) is 24.5 Å². The molecule has 2 saturated heterocycles. The lowest BCUT2D eigenvalue weighted by atomic mass is 10.1. The zero-order valence-electron chi connectivity index (χ0n) is 13.5. The summed E-state index contributed by atoms with van der Waals surface area (Å²) in [6.07, 6.45) is 0.884. The van der Waals surface area contributed by atoms with Crippen LogP contribution in [0.4, 0.5) is 5.69 Å². The first-order valence-electron chi connectivity index (χ1n) is 8.07. The zero-order chi connectivity index (χ0) is 18.0. The quantitative estimate of drug-likeness (QED) is 0.619. The Morgan fingerprint density at radius 3 is 2.20 bits per heavy atom. The summed E-state index contributed by atoms with van der Waals surface area (Å²) in [6.45, 7) is 1.60. The number of non-ortho nitro benzene ring substituents is 1. The molecule has 3 amide bonds. The van der Waals surface area contributed by atoms with Crippen LogP contribution in [0.15, 0.2) is 24.3 Å². The molecule has 0 spiro atoms. The molecule has 0 aliphatic carbocycles. The van der Waals surface area contributed by atoms with Crippen molar-refractivity contribution in [3.63, 3.8) is 0 Å². The van der Waals surface area contributed by atoms with Gasteiger partial charge in [-0.1, -0.05) is 0 Å². The molecule has 0 radical (unpaired) electrons. The number of rotatable bonds is 3. The molecule has 2 aliphatic rings. The summed E-state index contributed by atoms with van der Waals surface area (Å²) in [7, 11) is 0. The number of nitro benzene ring substituents is 1. The van der Waals surface area contributed by atoms with Gasteiger partial charge >= 0.3 is 0 Å². The van der Waals surface area contributed by atoms with Crippen LogP contribution < -0.4 is 5.32 Å². The van der Waals surface area contributed by atoms with Crippen molar-refractivity contribution in [3.05, 3.63) is 39.9 Å². The molecule has 0 bridgehead atoms. The third kappa shape index (κ3) is 3.59. The number of nitro groups is 1. The van der Waals surface area contributed by atoms with Gasteiger partial charge in [-0.15, -0.1) is 0 Å². The molecule has 1 atom stereocenters. The highest BCUT2D eigenvalue weighted by atomic mass is 16.6. The second-order valence-corrected chi connectivity index (χ2v) is 6.08. The van der Waals surface area contributed by atoms with Crippen LogP contribution in [-0.4, -0.2) is 64.7 Å². The molecule has 0 aromatic heterocycles. The van der Waals surface area contributed by atoms with Crippen LogP contribution in [-0.2, 0) is 9.59 Å². The molecule has 132 valence electrons. The molecular formula is C16H18N4O5. The minimum Gasteiger partial charge on any atom is -0.344 e. The maximum Gasteiger partial charge on any atom is 0.269 e. The molecule has 2 aliphatic heterocycles. The molecular weight excluding hydrogens is 328 g/mol. The third-order valence-corrected chi connectivity index (χ3v) is 4.50. The highest BCUT2D eigenvalue weighted by Crippen LogP contribution is 2.16. The van der Waals surface area contributed by atoms with E-state index in [1.165, 1.54) is 24.3 Å². The van der Waals surface area contributed by atoms with Crippen molar-refractivity contribution in [1.29, 1.82) is 0 Å². The molecule has 1 unspecified atom stereocenters. The van der Waals surface area contributed by atoms with Crippen LogP contribution in [0.1, 0.15) is 23.2 Å². The Bertz CT molecular complexity index is 710. The minimum atomic E-state index is -0.513. The second kappa shape index (κ2) is 6.88. The summed E-state index contributed by atoms with van der Waals surface area (Å²) < 4.78 is 0. The number of amides is 3. The monoisotopic (exact) mass is 346 g/mol. The van der Waals surface area contributed by atoms with Gasteiger partial charge in [-0.05, 0) is 18.6 Å². The minimum absolute atomic E-state index is 0.0643. The van der Waals surface area contributed by atoms with E-state index < -0.39 is 11.0 Å². The summed E-state index contributed by atoms with van der Waals surface area (Å²) >= 11 is 0. The topological polar surface area (TPSA) is 113 Å². The van der Waals surface area contributed by atoms with Crippen LogP contribution in [0.5, 0.6) is 0 Å². The Balaban J connectivity index is 1.56. The number of piperazine rings is 1. The van der Waals surface area contributed by atoms with Crippen LogP contribution >= 0.6 is 0 Å². The number of carbonyl (C=O) groups is 3. The first-order chi connectivity index (χ1) is 12.0. The normalized spacial score (nSPS) is 20.3. The maximum atomic E-state index is 12.5. The number of nitrogens with one attached hydrogen (secondary N) is 1. The van der Waals surface area contributed by atoms with E-state index in [0.717, 1.165) is 0 Å². The van der Waals surface area contributed by atoms with Gasteiger partial charge in [-0.3, -0.25) is 24.5 Å². The lowest BCUT2D eigenvalue weighted by Gasteiger charge is -2.35. The Morgan fingerprint density at radius 2 is 1.68 bits per heavy atom. The number of carbonyl (C=O) groups excluding carboxylic acids is 3. The molecule has 1 N–H and O–H groups in total. The molecule has 1 aromatic rings. The van der Waals surface area contributed by atoms with Crippen molar-refractivity contribution in [2.24, 2.45) is 0 Å². The van der Waals surface area contributed by atoms with Crippen LogP contribution in [0.2, 0.25) is 0 Å². The van der Waals surface area contributed by atoms with Crippen molar-refractivity contribution >= 4 is 23.4 Å². The number of nitrogens with zero attached hydrogens (tertiary/aromatic N) is 3. The predicted molar refractivity (Wildman–Crippen MR) is 86.7 cm³/mol. The summed E-state index contributed by atoms with van der Waals surface area (Å²) in [5.74, 6) is -0.421. The average Bonchev–Trinajstić information content (AvgIpc) is 3.07. The number of hydrogen-bond acceptors (Lipinski definition) is 5. The fourth-order valence-electron chi connectivity index (χ4n) is 3.06. The number of benzene rings is 1. The maximum absolute atomic E-state index is 12.5. The van der Waals surface area contributed by atoms with Crippen LogP contribution in [0.3, 0.4) is 0 Å². The van der Waals surface area contributed by atoms with E-state index in [-0.39, 0.29) is 23.4 Å². The van der Waals surface area contributed by atoms with Crippen LogP contribution in [0, 0.1) is 10.1 Å². The second-order valence-electron chi connectivity index (χ2n) is 6.08. The lowest BCUT2D eigenvalue weighted by molar-refractivity contribution is -0.384. The SMILES string of the molecule is O=C1CCC(C(=O)N2CCN(C(=O)c3ccc([N+](=O)[O-])cc3)CC2)N1. The standard InChI is InChI=1S/C16H18N4O5/c21-14-6-5-13(17-14)16(23)19-9-7-18(8-10-19)15(22)11-1-3-12(4-2-11)20(24)25/h1-4,13H,5-10H2,(H,17,21). The molecule has 9 heteroatoms. The first-order valence-corrected chi connectivity index (χ1v) is 8.07. The van der Waals surface area contributed by atoms with Gasteiger partial charge in [0.1, 0.15) is 6.04 Å². The van der Waals surface area contributed by atoms with E-state index in [0.29, 0.717) is 44.6 Å². The van der Waals surface area contributed by atoms with Gasteiger partial charge in [0.05, 0.1) is 4.92 Å². The van der Waals surface area contributed by atoms with E-state index in [4.69, 9.17) is 0 Å². The molecule has 2 fully saturated rings. The van der Waals surface area contributed by atoms with Crippen molar-refractivity contribution in [1.82, 2.24) is 15.1 Å². The molecule has 1 aromatic carbocycles. The van der Waals surface area contributed by atoms with Gasteiger partial charge < -0.3 is 15.1 Å². The van der Waals surface area contributed by atoms with E-state index in [1.54, 1.807) is 9.80 Å². The highest BCUT2D eigenvalue weighted by Gasteiger charge is 2.33. The summed E-state index contributed by atoms with van der Waals surface area (Å²) in [4.78, 5) is 49.4. The Morgan fingerprint density at radius 1 is 1.08 bits per heavy atom. The third-order valence-electron chi connectivity index (χ3n) is 4.50. The Labute approximate surface area is 143 Å². The zero-order valence-corrected chi connectivity index (χ0v) is 13.5. The van der Waals surface area contributed by atoms with Crippen molar-refractivity contribution in [2.45, 2.75) is 18.9 Å². The van der Waals surface area contributed by atoms with Crippen molar-refractivity contribution in [2.75, 3.05) is 26.2 Å². The number of hydrogen-bond donors (Lipinski definition) is 1. The van der Waals surface area contributed by atoms with Crippen molar-refractivity contribution < 1.29 is 19.3 Å². The Hall–Kier alpha value is -2.97. The van der Waals surface area contributed by atoms with Gasteiger partial charge in [0.25, 0.3) is 11.6 Å². The van der Waals surface area contributed by atoms with Crippen molar-refractivity contribution in [3.8, 4) is 0 Å². The molecule has 2 heterocycles. The van der Waals surface area contributed by atoms with Gasteiger partial charge in [0.15, 0.2) is 0 Å². The smallest absolute Gasteiger partial charge is 0.269 e. The van der Waals surface area contributed by atoms with Gasteiger partial charge in [0.2, 0.25) is 11.8 Å². The van der Waals surface area contributed by atoms with E-state index in [1.807, 2.05) is 0 Å². The first kappa shape index (κ1) is 16.9. The average molecular weight is 346 g/mol. The lowest BCUT2D eigenvalue weighted by Crippen LogP contribution is -2.54. The fourth-order valence-corrected chi connectivity index (χ4v) is 3.06. The Kier molecular flexibility index (Phi) is 4.64. The molecule has 25 heavy (non-hydrogen) atoms. The summed E-state index contributed by atoms with van der Waals surface area (Å²) in [5, 5.41) is 13.3. The molecule has 0 saturated carbocycles. The summed E-state index contributed by atoms with van der Waals surface area (Å²) in [6, 6.07) is 5.02. The largest absolute Gasteiger partial charge is 0.344 e. The predicted octanol–water partition coefficient (Wildman–Crippen LogP) is 0.158. The van der Waals surface area contributed by atoms with Gasteiger partial charge in [0, 0.05) is 50.3 Å². The van der Waals surface area contributed by atoms with E-state index in [2.05, 4.69) is 5.32 Å². The highest BCUT2D eigenvalue weighted by molar-refractivity contribution is 5.95. The fraction of sp³-hybridized carbons (Fsp3) is 0.438. The van der Waals surface area contributed by atoms with Gasteiger partial charge in [-0.25, -0.2) is 0 Å². The summed E-state index contributed by atoms with van der Waals surface area (Å²) in [5.41, 5.74) is 0.319. The van der Waals surface area contributed by atoms with E-state index >= 15 is 0 Å².